The van der Waals surface area contributed by atoms with Gasteiger partial charge in [-0.05, 0) is 52.0 Å². The Labute approximate surface area is 121 Å². The molecule has 0 radical (unpaired) electrons. The Morgan fingerprint density at radius 2 is 1.80 bits per heavy atom. The van der Waals surface area contributed by atoms with Crippen LogP contribution in [0.2, 0.25) is 0 Å². The minimum absolute atomic E-state index is 0.239. The number of carboxylic acid groups (broad SMARTS) is 1. The molecule has 0 aromatic heterocycles. The van der Waals surface area contributed by atoms with E-state index in [0.717, 1.165) is 19.3 Å². The maximum absolute atomic E-state index is 12.3. The van der Waals surface area contributed by atoms with Crippen LogP contribution in [0.15, 0.2) is 0 Å². The molecule has 0 heterocycles. The predicted molar refractivity (Wildman–Crippen MR) is 78.5 cm³/mol. The lowest BCUT2D eigenvalue weighted by Gasteiger charge is -2.39. The van der Waals surface area contributed by atoms with Crippen LogP contribution in [-0.2, 0) is 9.59 Å². The second-order valence-electron chi connectivity index (χ2n) is 6.35. The number of likely N-dealkylation sites (N-methyl/N-ethyl adjacent to an activating group) is 1. The normalized spacial score (nSPS) is 27.1. The van der Waals surface area contributed by atoms with E-state index in [9.17, 15) is 14.7 Å². The molecular formula is C15H28N2O3. The highest BCUT2D eigenvalue weighted by Crippen LogP contribution is 2.34. The van der Waals surface area contributed by atoms with Crippen molar-refractivity contribution in [1.29, 1.82) is 0 Å². The fourth-order valence-electron chi connectivity index (χ4n) is 2.87. The van der Waals surface area contributed by atoms with Gasteiger partial charge in [-0.2, -0.15) is 0 Å². The first-order valence-corrected chi connectivity index (χ1v) is 7.58. The van der Waals surface area contributed by atoms with Crippen LogP contribution < -0.4 is 10.6 Å². The highest BCUT2D eigenvalue weighted by atomic mass is 16.4. The molecule has 20 heavy (non-hydrogen) atoms. The fourth-order valence-corrected chi connectivity index (χ4v) is 2.87. The van der Waals surface area contributed by atoms with Crippen molar-refractivity contribution < 1.29 is 14.7 Å². The van der Waals surface area contributed by atoms with E-state index < -0.39 is 17.0 Å². The molecule has 116 valence electrons. The molecule has 0 aromatic carbocycles. The van der Waals surface area contributed by atoms with Gasteiger partial charge in [0.1, 0.15) is 5.54 Å². The van der Waals surface area contributed by atoms with Crippen LogP contribution in [-0.4, -0.2) is 34.6 Å². The summed E-state index contributed by atoms with van der Waals surface area (Å²) in [5.41, 5.74) is -1.84. The second kappa shape index (κ2) is 6.57. The molecule has 1 saturated carbocycles. The Morgan fingerprint density at radius 3 is 2.20 bits per heavy atom. The topological polar surface area (TPSA) is 78.4 Å². The summed E-state index contributed by atoms with van der Waals surface area (Å²) >= 11 is 0. The number of carbonyl (C=O) groups excluding carboxylic acids is 1. The van der Waals surface area contributed by atoms with Crippen LogP contribution in [0, 0.1) is 5.92 Å². The van der Waals surface area contributed by atoms with Crippen LogP contribution in [0.4, 0.5) is 0 Å². The zero-order valence-corrected chi connectivity index (χ0v) is 13.1. The first-order chi connectivity index (χ1) is 9.27. The molecule has 0 aromatic rings. The summed E-state index contributed by atoms with van der Waals surface area (Å²) in [4.78, 5) is 24.0. The lowest BCUT2D eigenvalue weighted by atomic mass is 9.75. The first-order valence-electron chi connectivity index (χ1n) is 7.58. The Balaban J connectivity index is 2.79. The smallest absolute Gasteiger partial charge is 0.329 e. The second-order valence-corrected chi connectivity index (χ2v) is 6.35. The molecule has 5 nitrogen and oxygen atoms in total. The van der Waals surface area contributed by atoms with Crippen LogP contribution in [0.3, 0.4) is 0 Å². The summed E-state index contributed by atoms with van der Waals surface area (Å²) in [6.07, 6.45) is 3.85. The molecule has 5 heteroatoms. The van der Waals surface area contributed by atoms with E-state index in [4.69, 9.17) is 0 Å². The number of hydrogen-bond donors (Lipinski definition) is 3. The lowest BCUT2D eigenvalue weighted by Crippen LogP contribution is -2.63. The first kappa shape index (κ1) is 17.0. The van der Waals surface area contributed by atoms with Crippen molar-refractivity contribution in [3.63, 3.8) is 0 Å². The lowest BCUT2D eigenvalue weighted by molar-refractivity contribution is -0.150. The van der Waals surface area contributed by atoms with Crippen molar-refractivity contribution in [3.8, 4) is 0 Å². The van der Waals surface area contributed by atoms with Gasteiger partial charge in [-0.15, -0.1) is 0 Å². The Hall–Kier alpha value is -1.10. The number of amides is 1. The third-order valence-corrected chi connectivity index (χ3v) is 4.48. The number of carboxylic acids is 1. The average Bonchev–Trinajstić information content (AvgIpc) is 2.39. The molecule has 0 saturated heterocycles. The van der Waals surface area contributed by atoms with E-state index in [-0.39, 0.29) is 5.91 Å². The molecule has 0 spiro atoms. The highest BCUT2D eigenvalue weighted by Gasteiger charge is 2.45. The van der Waals surface area contributed by atoms with Crippen molar-refractivity contribution >= 4 is 11.9 Å². The van der Waals surface area contributed by atoms with E-state index in [0.29, 0.717) is 25.3 Å². The summed E-state index contributed by atoms with van der Waals surface area (Å²) in [5, 5.41) is 15.4. The largest absolute Gasteiger partial charge is 0.480 e. The molecule has 1 amide bonds. The van der Waals surface area contributed by atoms with E-state index >= 15 is 0 Å². The zero-order valence-electron chi connectivity index (χ0n) is 13.1. The predicted octanol–water partition coefficient (Wildman–Crippen LogP) is 1.91. The SMILES string of the molecule is CCNC(C)(C)C(=O)NC1(C(=O)O)CCC(CC)CC1. The molecule has 1 aliphatic carbocycles. The molecule has 0 aliphatic heterocycles. The Kier molecular flexibility index (Phi) is 5.57. The van der Waals surface area contributed by atoms with Gasteiger partial charge in [0, 0.05) is 0 Å². The summed E-state index contributed by atoms with van der Waals surface area (Å²) in [6.45, 7) is 8.27. The van der Waals surface area contributed by atoms with Crippen molar-refractivity contribution in [2.75, 3.05) is 6.54 Å². The summed E-state index contributed by atoms with van der Waals surface area (Å²) in [5.74, 6) is -0.564. The minimum atomic E-state index is -1.09. The minimum Gasteiger partial charge on any atom is -0.480 e. The molecule has 0 bridgehead atoms. The Bertz CT molecular complexity index is 358. The van der Waals surface area contributed by atoms with Gasteiger partial charge in [0.15, 0.2) is 0 Å². The number of rotatable bonds is 6. The average molecular weight is 284 g/mol. The maximum atomic E-state index is 12.3. The zero-order chi connectivity index (χ0) is 15.4. The van der Waals surface area contributed by atoms with Gasteiger partial charge in [0.05, 0.1) is 5.54 Å². The molecule has 1 aliphatic rings. The standard InChI is InChI=1S/C15H28N2O3/c1-5-11-7-9-15(10-8-11,13(19)20)17-12(18)14(3,4)16-6-2/h11,16H,5-10H2,1-4H3,(H,17,18)(H,19,20). The van der Waals surface area contributed by atoms with E-state index in [2.05, 4.69) is 17.6 Å². The van der Waals surface area contributed by atoms with Gasteiger partial charge in [0.25, 0.3) is 0 Å². The van der Waals surface area contributed by atoms with E-state index in [1.54, 1.807) is 13.8 Å². The fraction of sp³-hybridized carbons (Fsp3) is 0.867. The van der Waals surface area contributed by atoms with Gasteiger partial charge in [-0.3, -0.25) is 4.79 Å². The molecule has 3 N–H and O–H groups in total. The third kappa shape index (κ3) is 3.72. The van der Waals surface area contributed by atoms with Crippen LogP contribution >= 0.6 is 0 Å². The van der Waals surface area contributed by atoms with Gasteiger partial charge < -0.3 is 15.7 Å². The van der Waals surface area contributed by atoms with Crippen LogP contribution in [0.25, 0.3) is 0 Å². The quantitative estimate of drug-likeness (QED) is 0.696. The van der Waals surface area contributed by atoms with Gasteiger partial charge >= 0.3 is 5.97 Å². The molecule has 1 rings (SSSR count). The molecular weight excluding hydrogens is 256 g/mol. The van der Waals surface area contributed by atoms with Crippen molar-refractivity contribution in [2.45, 2.75) is 70.9 Å². The number of hydrogen-bond acceptors (Lipinski definition) is 3. The van der Waals surface area contributed by atoms with E-state index in [1.807, 2.05) is 6.92 Å². The van der Waals surface area contributed by atoms with Crippen molar-refractivity contribution in [2.24, 2.45) is 5.92 Å². The monoisotopic (exact) mass is 284 g/mol. The number of carbonyl (C=O) groups is 2. The summed E-state index contributed by atoms with van der Waals surface area (Å²) in [7, 11) is 0. The van der Waals surface area contributed by atoms with Crippen LogP contribution in [0.1, 0.15) is 59.8 Å². The van der Waals surface area contributed by atoms with Crippen molar-refractivity contribution in [1.82, 2.24) is 10.6 Å². The summed E-state index contributed by atoms with van der Waals surface area (Å²) in [6, 6.07) is 0. The van der Waals surface area contributed by atoms with Gasteiger partial charge in [0.2, 0.25) is 5.91 Å². The number of nitrogens with one attached hydrogen (secondary N) is 2. The van der Waals surface area contributed by atoms with Gasteiger partial charge in [-0.25, -0.2) is 4.79 Å². The molecule has 1 fully saturated rings. The molecule has 0 unspecified atom stereocenters. The Morgan fingerprint density at radius 1 is 1.25 bits per heavy atom. The summed E-state index contributed by atoms with van der Waals surface area (Å²) < 4.78 is 0. The third-order valence-electron chi connectivity index (χ3n) is 4.48. The van der Waals surface area contributed by atoms with Crippen molar-refractivity contribution in [3.05, 3.63) is 0 Å². The molecule has 0 atom stereocenters. The van der Waals surface area contributed by atoms with E-state index in [1.165, 1.54) is 0 Å². The highest BCUT2D eigenvalue weighted by molar-refractivity contribution is 5.91. The van der Waals surface area contributed by atoms with Crippen LogP contribution in [0.5, 0.6) is 0 Å². The number of aliphatic carboxylic acids is 1. The maximum Gasteiger partial charge on any atom is 0.329 e. The van der Waals surface area contributed by atoms with Gasteiger partial charge in [-0.1, -0.05) is 20.3 Å².